The maximum Gasteiger partial charge on any atom is 0.255 e. The van der Waals surface area contributed by atoms with Crippen LogP contribution in [-0.4, -0.2) is 67.4 Å². The van der Waals surface area contributed by atoms with E-state index in [0.29, 0.717) is 17.2 Å². The molecule has 1 heterocycles. The Morgan fingerprint density at radius 2 is 1.77 bits per heavy atom. The Kier molecular flexibility index (Phi) is 5.13. The molecule has 0 spiro atoms. The summed E-state index contributed by atoms with van der Waals surface area (Å²) in [4.78, 5) is 44.1. The molecule has 1 aromatic rings. The first-order chi connectivity index (χ1) is 16.6. The zero-order valence-corrected chi connectivity index (χ0v) is 18.8. The zero-order valence-electron chi connectivity index (χ0n) is 18.8. The number of likely N-dealkylation sites (tertiary alicyclic amines) is 1. The van der Waals surface area contributed by atoms with Crippen LogP contribution in [-0.2, 0) is 20.8 Å². The van der Waals surface area contributed by atoms with Gasteiger partial charge >= 0.3 is 0 Å². The molecule has 8 N–H and O–H groups in total. The lowest BCUT2D eigenvalue weighted by atomic mass is 9.59. The number of primary amides is 1. The Bertz CT molecular complexity index is 1270. The van der Waals surface area contributed by atoms with Crippen LogP contribution in [0.2, 0.25) is 0 Å². The van der Waals surface area contributed by atoms with Crippen molar-refractivity contribution in [3.8, 4) is 5.75 Å². The Morgan fingerprint density at radius 1 is 1.09 bits per heavy atom. The van der Waals surface area contributed by atoms with Crippen molar-refractivity contribution >= 4 is 34.9 Å². The normalized spacial score (nSPS) is 28.7. The number of fused-ring (bicyclic) bond motifs is 3. The van der Waals surface area contributed by atoms with E-state index in [-0.39, 0.29) is 36.1 Å². The Morgan fingerprint density at radius 3 is 2.43 bits per heavy atom. The number of ketones is 2. The molecule has 0 aromatic heterocycles. The third-order valence-corrected chi connectivity index (χ3v) is 7.59. The first kappa shape index (κ1) is 22.9. The van der Waals surface area contributed by atoms with Gasteiger partial charge in [0.2, 0.25) is 5.78 Å². The lowest BCUT2D eigenvalue weighted by Crippen LogP contribution is -2.58. The van der Waals surface area contributed by atoms with Crippen LogP contribution >= 0.6 is 0 Å². The molecule has 1 aliphatic heterocycles. The van der Waals surface area contributed by atoms with E-state index in [1.807, 2.05) is 4.90 Å². The number of phenolic OH excluding ortho intramolecular Hbond substituents is 1. The second-order valence-corrected chi connectivity index (χ2v) is 9.53. The van der Waals surface area contributed by atoms with Crippen LogP contribution in [0.3, 0.4) is 0 Å². The highest BCUT2D eigenvalue weighted by molar-refractivity contribution is 6.22. The summed E-state index contributed by atoms with van der Waals surface area (Å²) in [5.74, 6) is -6.31. The van der Waals surface area contributed by atoms with Gasteiger partial charge in [0.25, 0.3) is 5.91 Å². The van der Waals surface area contributed by atoms with Crippen LogP contribution < -0.4 is 11.5 Å². The molecule has 11 nitrogen and oxygen atoms in total. The standard InChI is InChI=1S/C24H26N4O7/c25-22(34)18-15(30)9-11-7-10-8-12-13(27-23(26)28-5-1-2-6-28)3-4-14(29)17(12)19(31)16(10)20(32)24(11,35)21(18)33/h3-4,10-11,29,31,33,35H,1-2,5-9H2,(H2,25,34)(H2,26,27)/t10-,11+,24+/m1/s1. The van der Waals surface area contributed by atoms with Gasteiger partial charge in [-0.2, -0.15) is 0 Å². The fourth-order valence-electron chi connectivity index (χ4n) is 5.85. The van der Waals surface area contributed by atoms with Crippen LogP contribution in [0.15, 0.2) is 34.0 Å². The molecule has 0 bridgehead atoms. The van der Waals surface area contributed by atoms with E-state index in [1.165, 1.54) is 6.07 Å². The van der Waals surface area contributed by atoms with Crippen molar-refractivity contribution in [2.75, 3.05) is 13.1 Å². The van der Waals surface area contributed by atoms with Gasteiger partial charge < -0.3 is 36.8 Å². The number of aliphatic hydroxyl groups is 3. The van der Waals surface area contributed by atoms with Crippen molar-refractivity contribution in [1.29, 1.82) is 0 Å². The van der Waals surface area contributed by atoms with Crippen LogP contribution in [0.4, 0.5) is 5.69 Å². The number of benzene rings is 1. The van der Waals surface area contributed by atoms with E-state index >= 15 is 0 Å². The van der Waals surface area contributed by atoms with Crippen LogP contribution in [0.1, 0.15) is 36.8 Å². The highest BCUT2D eigenvalue weighted by Crippen LogP contribution is 2.53. The largest absolute Gasteiger partial charge is 0.508 e. The molecular weight excluding hydrogens is 456 g/mol. The highest BCUT2D eigenvalue weighted by Gasteiger charge is 2.60. The lowest BCUT2D eigenvalue weighted by Gasteiger charge is -2.46. The summed E-state index contributed by atoms with van der Waals surface area (Å²) in [6.07, 6.45) is 1.87. The number of nitrogens with two attached hydrogens (primary N) is 2. The number of carbonyl (C=O) groups is 3. The number of aromatic hydroxyl groups is 1. The van der Waals surface area contributed by atoms with E-state index in [9.17, 15) is 34.8 Å². The van der Waals surface area contributed by atoms with Gasteiger partial charge in [0, 0.05) is 31.0 Å². The number of amides is 1. The summed E-state index contributed by atoms with van der Waals surface area (Å²) in [6, 6.07) is 2.91. The van der Waals surface area contributed by atoms with E-state index in [4.69, 9.17) is 11.5 Å². The van der Waals surface area contributed by atoms with E-state index < -0.39 is 52.0 Å². The zero-order chi connectivity index (χ0) is 25.2. The lowest BCUT2D eigenvalue weighted by molar-refractivity contribution is -0.147. The minimum atomic E-state index is -2.58. The van der Waals surface area contributed by atoms with E-state index in [2.05, 4.69) is 4.99 Å². The predicted molar refractivity (Wildman–Crippen MR) is 123 cm³/mol. The number of aliphatic imine (C=N–C) groups is 1. The molecule has 1 amide bonds. The molecule has 4 aliphatic rings. The molecule has 0 unspecified atom stereocenters. The number of rotatable bonds is 2. The third kappa shape index (κ3) is 3.22. The van der Waals surface area contributed by atoms with Gasteiger partial charge in [-0.25, -0.2) is 4.99 Å². The number of phenols is 1. The first-order valence-electron chi connectivity index (χ1n) is 11.5. The van der Waals surface area contributed by atoms with Crippen LogP contribution in [0.5, 0.6) is 5.75 Å². The Balaban J connectivity index is 1.64. The van der Waals surface area contributed by atoms with Gasteiger partial charge in [-0.3, -0.25) is 14.4 Å². The fourth-order valence-corrected chi connectivity index (χ4v) is 5.85. The van der Waals surface area contributed by atoms with Crippen molar-refractivity contribution in [3.05, 3.63) is 40.2 Å². The summed E-state index contributed by atoms with van der Waals surface area (Å²) in [7, 11) is 0. The molecule has 35 heavy (non-hydrogen) atoms. The van der Waals surface area contributed by atoms with Gasteiger partial charge in [0.1, 0.15) is 22.8 Å². The van der Waals surface area contributed by atoms with Crippen LogP contribution in [0, 0.1) is 11.8 Å². The van der Waals surface area contributed by atoms with E-state index in [1.54, 1.807) is 6.07 Å². The predicted octanol–water partition coefficient (Wildman–Crippen LogP) is 0.466. The number of guanidine groups is 1. The Hall–Kier alpha value is -3.86. The fraction of sp³-hybridized carbons (Fsp3) is 0.417. The van der Waals surface area contributed by atoms with Crippen molar-refractivity contribution in [1.82, 2.24) is 4.90 Å². The van der Waals surface area contributed by atoms with Gasteiger partial charge in [0.15, 0.2) is 17.3 Å². The van der Waals surface area contributed by atoms with Gasteiger partial charge in [-0.05, 0) is 49.3 Å². The second-order valence-electron chi connectivity index (χ2n) is 9.53. The molecule has 3 atom stereocenters. The highest BCUT2D eigenvalue weighted by atomic mass is 16.3. The molecule has 3 aliphatic carbocycles. The molecule has 11 heteroatoms. The quantitative estimate of drug-likeness (QED) is 0.197. The minimum absolute atomic E-state index is 0.00685. The maximum absolute atomic E-state index is 13.5. The third-order valence-electron chi connectivity index (χ3n) is 7.59. The SMILES string of the molecule is NC(=O)C1=C(O)[C@@]2(O)C(=O)C3=C(O)c4c(O)ccc(N=C(N)N5CCCC5)c4C[C@H]3C[C@H]2CC1=O. The minimum Gasteiger partial charge on any atom is -0.508 e. The average Bonchev–Trinajstić information content (AvgIpc) is 3.33. The van der Waals surface area contributed by atoms with Gasteiger partial charge in [-0.1, -0.05) is 0 Å². The average molecular weight is 482 g/mol. The molecule has 5 rings (SSSR count). The second kappa shape index (κ2) is 7.84. The summed E-state index contributed by atoms with van der Waals surface area (Å²) in [5, 5.41) is 43.6. The molecule has 2 fully saturated rings. The van der Waals surface area contributed by atoms with Crippen LogP contribution in [0.25, 0.3) is 5.76 Å². The summed E-state index contributed by atoms with van der Waals surface area (Å²) < 4.78 is 0. The maximum atomic E-state index is 13.5. The Labute approximate surface area is 200 Å². The molecule has 1 saturated carbocycles. The van der Waals surface area contributed by atoms with E-state index in [0.717, 1.165) is 25.9 Å². The van der Waals surface area contributed by atoms with Crippen molar-refractivity contribution in [2.24, 2.45) is 28.3 Å². The number of hydrogen-bond donors (Lipinski definition) is 6. The number of carbonyl (C=O) groups excluding carboxylic acids is 3. The van der Waals surface area contributed by atoms with Crippen molar-refractivity contribution in [3.63, 3.8) is 0 Å². The summed E-state index contributed by atoms with van der Waals surface area (Å²) >= 11 is 0. The number of Topliss-reactive ketones (excluding diaryl/α,β-unsaturated/α-hetero) is 2. The van der Waals surface area contributed by atoms with Crippen molar-refractivity contribution in [2.45, 2.75) is 37.7 Å². The molecule has 184 valence electrons. The van der Waals surface area contributed by atoms with Gasteiger partial charge in [0.05, 0.1) is 11.3 Å². The summed E-state index contributed by atoms with van der Waals surface area (Å²) in [5.41, 5.74) is 8.70. The first-order valence-corrected chi connectivity index (χ1v) is 11.5. The van der Waals surface area contributed by atoms with Gasteiger partial charge in [-0.15, -0.1) is 0 Å². The van der Waals surface area contributed by atoms with Crippen molar-refractivity contribution < 1.29 is 34.8 Å². The monoisotopic (exact) mass is 482 g/mol. The molecular formula is C24H26N4O7. The molecule has 1 saturated heterocycles. The number of nitrogens with zero attached hydrogens (tertiary/aromatic N) is 2. The number of hydrogen-bond acceptors (Lipinski definition) is 8. The number of aliphatic hydroxyl groups excluding tert-OH is 2. The summed E-state index contributed by atoms with van der Waals surface area (Å²) in [6.45, 7) is 1.56. The smallest absolute Gasteiger partial charge is 0.255 e. The topological polar surface area (TPSA) is 200 Å². The molecule has 1 aromatic carbocycles. The molecule has 0 radical (unpaired) electrons.